The van der Waals surface area contributed by atoms with Gasteiger partial charge in [0.15, 0.2) is 6.61 Å². The SMILES string of the molecule is CCc1cc(Br)ccc1OCC(=O)NCCCC(=O)O. The summed E-state index contributed by atoms with van der Waals surface area (Å²) >= 11 is 3.39. The normalized spacial score (nSPS) is 10.1. The Hall–Kier alpha value is -1.56. The Morgan fingerprint density at radius 3 is 2.80 bits per heavy atom. The first-order valence-electron chi connectivity index (χ1n) is 6.42. The maximum Gasteiger partial charge on any atom is 0.303 e. The largest absolute Gasteiger partial charge is 0.483 e. The highest BCUT2D eigenvalue weighted by Crippen LogP contribution is 2.23. The third kappa shape index (κ3) is 6.06. The standard InChI is InChI=1S/C14H18BrNO4/c1-2-10-8-11(15)5-6-12(10)20-9-13(17)16-7-3-4-14(18)19/h5-6,8H,2-4,7,9H2,1H3,(H,16,17)(H,18,19). The molecule has 0 heterocycles. The summed E-state index contributed by atoms with van der Waals surface area (Å²) < 4.78 is 6.45. The second-order valence-electron chi connectivity index (χ2n) is 4.24. The molecule has 0 saturated heterocycles. The molecule has 20 heavy (non-hydrogen) atoms. The van der Waals surface area contributed by atoms with Crippen molar-refractivity contribution in [3.8, 4) is 5.75 Å². The average molecular weight is 344 g/mol. The molecule has 5 nitrogen and oxygen atoms in total. The van der Waals surface area contributed by atoms with Crippen LogP contribution in [0.4, 0.5) is 0 Å². The van der Waals surface area contributed by atoms with E-state index in [0.29, 0.717) is 18.7 Å². The lowest BCUT2D eigenvalue weighted by Crippen LogP contribution is -2.30. The van der Waals surface area contributed by atoms with Crippen molar-refractivity contribution in [1.82, 2.24) is 5.32 Å². The lowest BCUT2D eigenvalue weighted by atomic mass is 10.1. The third-order valence-electron chi connectivity index (χ3n) is 2.65. The topological polar surface area (TPSA) is 75.6 Å². The molecule has 1 aromatic carbocycles. The van der Waals surface area contributed by atoms with E-state index in [-0.39, 0.29) is 18.9 Å². The van der Waals surface area contributed by atoms with Crippen molar-refractivity contribution >= 4 is 27.8 Å². The molecule has 0 saturated carbocycles. The van der Waals surface area contributed by atoms with Crippen LogP contribution in [0.2, 0.25) is 0 Å². The molecular formula is C14H18BrNO4. The van der Waals surface area contributed by atoms with E-state index >= 15 is 0 Å². The monoisotopic (exact) mass is 343 g/mol. The fourth-order valence-corrected chi connectivity index (χ4v) is 2.04. The number of hydrogen-bond donors (Lipinski definition) is 2. The number of amides is 1. The summed E-state index contributed by atoms with van der Waals surface area (Å²) in [6, 6.07) is 5.64. The van der Waals surface area contributed by atoms with Crippen LogP contribution in [0.25, 0.3) is 0 Å². The Labute approximate surface area is 126 Å². The molecule has 0 aliphatic heterocycles. The van der Waals surface area contributed by atoms with Crippen molar-refractivity contribution in [1.29, 1.82) is 0 Å². The highest BCUT2D eigenvalue weighted by atomic mass is 79.9. The van der Waals surface area contributed by atoms with Crippen molar-refractivity contribution in [3.05, 3.63) is 28.2 Å². The highest BCUT2D eigenvalue weighted by molar-refractivity contribution is 9.10. The van der Waals surface area contributed by atoms with Gasteiger partial charge in [-0.15, -0.1) is 0 Å². The Morgan fingerprint density at radius 2 is 2.15 bits per heavy atom. The molecule has 0 aliphatic carbocycles. The maximum atomic E-state index is 11.5. The van der Waals surface area contributed by atoms with Crippen LogP contribution < -0.4 is 10.1 Å². The van der Waals surface area contributed by atoms with Gasteiger partial charge in [0.25, 0.3) is 5.91 Å². The lowest BCUT2D eigenvalue weighted by molar-refractivity contribution is -0.137. The second kappa shape index (κ2) is 8.58. The van der Waals surface area contributed by atoms with Gasteiger partial charge in [-0.2, -0.15) is 0 Å². The van der Waals surface area contributed by atoms with Crippen LogP contribution in [0.15, 0.2) is 22.7 Å². The van der Waals surface area contributed by atoms with Crippen molar-refractivity contribution in [2.24, 2.45) is 0 Å². The van der Waals surface area contributed by atoms with E-state index in [1.54, 1.807) is 0 Å². The van der Waals surface area contributed by atoms with Gasteiger partial charge in [-0.25, -0.2) is 0 Å². The molecule has 1 rings (SSSR count). The number of benzene rings is 1. The van der Waals surface area contributed by atoms with E-state index in [2.05, 4.69) is 21.2 Å². The van der Waals surface area contributed by atoms with Gasteiger partial charge in [0, 0.05) is 17.4 Å². The average Bonchev–Trinajstić information content (AvgIpc) is 2.41. The van der Waals surface area contributed by atoms with Crippen LogP contribution in [-0.2, 0) is 16.0 Å². The van der Waals surface area contributed by atoms with Crippen molar-refractivity contribution in [2.75, 3.05) is 13.2 Å². The maximum absolute atomic E-state index is 11.5. The number of hydrogen-bond acceptors (Lipinski definition) is 3. The van der Waals surface area contributed by atoms with Gasteiger partial charge in [-0.3, -0.25) is 9.59 Å². The molecule has 110 valence electrons. The summed E-state index contributed by atoms with van der Waals surface area (Å²) in [7, 11) is 0. The first-order chi connectivity index (χ1) is 9.52. The molecule has 1 amide bonds. The molecule has 0 aromatic heterocycles. The van der Waals surface area contributed by atoms with Crippen LogP contribution in [0.5, 0.6) is 5.75 Å². The predicted molar refractivity (Wildman–Crippen MR) is 78.9 cm³/mol. The van der Waals surface area contributed by atoms with Gasteiger partial charge in [0.2, 0.25) is 0 Å². The van der Waals surface area contributed by atoms with Crippen molar-refractivity contribution in [3.63, 3.8) is 0 Å². The van der Waals surface area contributed by atoms with Gasteiger partial charge in [-0.05, 0) is 36.6 Å². The molecule has 0 atom stereocenters. The predicted octanol–water partition coefficient (Wildman–Crippen LogP) is 2.37. The number of carboxylic acid groups (broad SMARTS) is 1. The molecule has 0 fully saturated rings. The first kappa shape index (κ1) is 16.5. The summed E-state index contributed by atoms with van der Waals surface area (Å²) in [6.07, 6.45) is 1.28. The Bertz CT molecular complexity index is 476. The molecular weight excluding hydrogens is 326 g/mol. The minimum atomic E-state index is -0.863. The first-order valence-corrected chi connectivity index (χ1v) is 7.22. The van der Waals surface area contributed by atoms with Crippen LogP contribution >= 0.6 is 15.9 Å². The zero-order valence-electron chi connectivity index (χ0n) is 11.3. The molecule has 0 bridgehead atoms. The van der Waals surface area contributed by atoms with Crippen LogP contribution in [0.1, 0.15) is 25.3 Å². The van der Waals surface area contributed by atoms with E-state index in [9.17, 15) is 9.59 Å². The summed E-state index contributed by atoms with van der Waals surface area (Å²) in [6.45, 7) is 2.29. The van der Waals surface area contributed by atoms with Crippen molar-refractivity contribution < 1.29 is 19.4 Å². The minimum absolute atomic E-state index is 0.0494. The van der Waals surface area contributed by atoms with E-state index in [4.69, 9.17) is 9.84 Å². The number of halogens is 1. The smallest absolute Gasteiger partial charge is 0.303 e. The van der Waals surface area contributed by atoms with Crippen molar-refractivity contribution in [2.45, 2.75) is 26.2 Å². The number of carboxylic acids is 1. The van der Waals surface area contributed by atoms with Crippen LogP contribution in [0, 0.1) is 0 Å². The van der Waals surface area contributed by atoms with Gasteiger partial charge in [0.1, 0.15) is 5.75 Å². The lowest BCUT2D eigenvalue weighted by Gasteiger charge is -2.11. The second-order valence-corrected chi connectivity index (χ2v) is 5.16. The molecule has 2 N–H and O–H groups in total. The zero-order chi connectivity index (χ0) is 15.0. The van der Waals surface area contributed by atoms with E-state index in [0.717, 1.165) is 16.5 Å². The fraction of sp³-hybridized carbons (Fsp3) is 0.429. The Morgan fingerprint density at radius 1 is 1.40 bits per heavy atom. The number of ether oxygens (including phenoxy) is 1. The molecule has 6 heteroatoms. The Kier molecular flexibility index (Phi) is 7.08. The van der Waals surface area contributed by atoms with Gasteiger partial charge >= 0.3 is 5.97 Å². The molecule has 0 aliphatic rings. The number of carbonyl (C=O) groups excluding carboxylic acids is 1. The van der Waals surface area contributed by atoms with E-state index < -0.39 is 5.97 Å². The number of aliphatic carboxylic acids is 1. The van der Waals surface area contributed by atoms with E-state index in [1.807, 2.05) is 25.1 Å². The highest BCUT2D eigenvalue weighted by Gasteiger charge is 2.06. The molecule has 1 aromatic rings. The summed E-state index contributed by atoms with van der Waals surface area (Å²) in [5.41, 5.74) is 1.03. The molecule has 0 spiro atoms. The summed E-state index contributed by atoms with van der Waals surface area (Å²) in [5.74, 6) is -0.422. The van der Waals surface area contributed by atoms with Crippen LogP contribution in [-0.4, -0.2) is 30.1 Å². The minimum Gasteiger partial charge on any atom is -0.483 e. The van der Waals surface area contributed by atoms with Gasteiger partial charge < -0.3 is 15.2 Å². The zero-order valence-corrected chi connectivity index (χ0v) is 12.9. The van der Waals surface area contributed by atoms with E-state index in [1.165, 1.54) is 0 Å². The summed E-state index contributed by atoms with van der Waals surface area (Å²) in [4.78, 5) is 21.8. The Balaban J connectivity index is 2.35. The third-order valence-corrected chi connectivity index (χ3v) is 3.15. The number of rotatable bonds is 8. The number of aryl methyl sites for hydroxylation is 1. The summed E-state index contributed by atoms with van der Waals surface area (Å²) in [5, 5.41) is 11.1. The number of nitrogens with one attached hydrogen (secondary N) is 1. The molecule has 0 radical (unpaired) electrons. The van der Waals surface area contributed by atoms with Gasteiger partial charge in [-0.1, -0.05) is 22.9 Å². The fourth-order valence-electron chi connectivity index (χ4n) is 1.63. The quantitative estimate of drug-likeness (QED) is 0.710. The van der Waals surface area contributed by atoms with Crippen LogP contribution in [0.3, 0.4) is 0 Å². The van der Waals surface area contributed by atoms with Gasteiger partial charge in [0.05, 0.1) is 0 Å². The molecule has 0 unspecified atom stereocenters. The number of carbonyl (C=O) groups is 2.